The fraction of sp³-hybridized carbons (Fsp3) is 0.100. The van der Waals surface area contributed by atoms with Crippen LogP contribution in [0.1, 0.15) is 10.4 Å². The van der Waals surface area contributed by atoms with Crippen molar-refractivity contribution in [1.82, 2.24) is 0 Å². The van der Waals surface area contributed by atoms with Crippen molar-refractivity contribution in [2.75, 3.05) is 6.61 Å². The van der Waals surface area contributed by atoms with E-state index in [0.717, 1.165) is 11.8 Å². The summed E-state index contributed by atoms with van der Waals surface area (Å²) in [7, 11) is 0. The first-order valence-corrected chi connectivity index (χ1v) is 4.74. The third kappa shape index (κ3) is 3.44. The van der Waals surface area contributed by atoms with Gasteiger partial charge in [-0.15, -0.1) is 0 Å². The highest BCUT2D eigenvalue weighted by Gasteiger charge is 2.01. The van der Waals surface area contributed by atoms with Gasteiger partial charge in [-0.2, -0.15) is 0 Å². The SMILES string of the molecule is O=C(S/C=C\CO)c1ccccc1. The molecule has 0 bridgehead atoms. The number of hydrogen-bond acceptors (Lipinski definition) is 3. The van der Waals surface area contributed by atoms with Crippen molar-refractivity contribution < 1.29 is 9.90 Å². The summed E-state index contributed by atoms with van der Waals surface area (Å²) in [6, 6.07) is 9.04. The molecule has 0 aliphatic heterocycles. The van der Waals surface area contributed by atoms with Crippen LogP contribution in [0.15, 0.2) is 41.8 Å². The maximum Gasteiger partial charge on any atom is 0.223 e. The van der Waals surface area contributed by atoms with E-state index in [4.69, 9.17) is 5.11 Å². The highest BCUT2D eigenvalue weighted by atomic mass is 32.2. The second-order valence-electron chi connectivity index (χ2n) is 2.33. The summed E-state index contributed by atoms with van der Waals surface area (Å²) in [4.78, 5) is 11.3. The third-order valence-electron chi connectivity index (χ3n) is 1.39. The molecule has 0 fully saturated rings. The van der Waals surface area contributed by atoms with Crippen LogP contribution < -0.4 is 0 Å². The molecule has 0 unspecified atom stereocenters. The molecule has 0 aliphatic rings. The lowest BCUT2D eigenvalue weighted by Gasteiger charge is -1.94. The molecule has 1 aromatic rings. The van der Waals surface area contributed by atoms with E-state index in [1.807, 2.05) is 18.2 Å². The Balaban J connectivity index is 2.54. The first kappa shape index (κ1) is 10.0. The monoisotopic (exact) mass is 194 g/mol. The van der Waals surface area contributed by atoms with E-state index in [2.05, 4.69) is 0 Å². The van der Waals surface area contributed by atoms with Gasteiger partial charge < -0.3 is 5.11 Å². The van der Waals surface area contributed by atoms with Crippen molar-refractivity contribution in [1.29, 1.82) is 0 Å². The Morgan fingerprint density at radius 3 is 2.69 bits per heavy atom. The maximum atomic E-state index is 11.3. The number of thioether (sulfide) groups is 1. The van der Waals surface area contributed by atoms with Gasteiger partial charge in [0, 0.05) is 5.56 Å². The number of benzene rings is 1. The number of aliphatic hydroxyl groups excluding tert-OH is 1. The number of rotatable bonds is 3. The zero-order chi connectivity index (χ0) is 9.52. The minimum Gasteiger partial charge on any atom is -0.392 e. The lowest BCUT2D eigenvalue weighted by Crippen LogP contribution is -1.89. The van der Waals surface area contributed by atoms with Crippen molar-refractivity contribution >= 4 is 16.9 Å². The normalized spacial score (nSPS) is 10.5. The molecule has 3 heteroatoms. The van der Waals surface area contributed by atoms with Gasteiger partial charge in [-0.1, -0.05) is 48.2 Å². The van der Waals surface area contributed by atoms with Gasteiger partial charge in [-0.3, -0.25) is 4.79 Å². The predicted octanol–water partition coefficient (Wildman–Crippen LogP) is 2.07. The number of aliphatic hydroxyl groups is 1. The molecule has 0 atom stereocenters. The van der Waals surface area contributed by atoms with Crippen molar-refractivity contribution in [3.05, 3.63) is 47.4 Å². The number of carbonyl (C=O) groups excluding carboxylic acids is 1. The molecular weight excluding hydrogens is 184 g/mol. The molecule has 0 heterocycles. The maximum absolute atomic E-state index is 11.3. The standard InChI is InChI=1S/C10H10O2S/c11-7-4-8-13-10(12)9-5-2-1-3-6-9/h1-6,8,11H,7H2/b8-4-. The van der Waals surface area contributed by atoms with Crippen molar-refractivity contribution in [3.8, 4) is 0 Å². The molecule has 68 valence electrons. The van der Waals surface area contributed by atoms with E-state index in [0.29, 0.717) is 5.56 Å². The molecule has 0 radical (unpaired) electrons. The number of carbonyl (C=O) groups is 1. The lowest BCUT2D eigenvalue weighted by molar-refractivity contribution is 0.109. The second-order valence-corrected chi connectivity index (χ2v) is 3.20. The van der Waals surface area contributed by atoms with Crippen LogP contribution in [0.2, 0.25) is 0 Å². The van der Waals surface area contributed by atoms with Crippen LogP contribution in [0.4, 0.5) is 0 Å². The molecular formula is C10H10O2S. The third-order valence-corrected chi connectivity index (χ3v) is 2.16. The molecule has 0 saturated carbocycles. The molecule has 13 heavy (non-hydrogen) atoms. The second kappa shape index (κ2) is 5.56. The van der Waals surface area contributed by atoms with E-state index in [1.54, 1.807) is 17.5 Å². The van der Waals surface area contributed by atoms with Gasteiger partial charge in [0.05, 0.1) is 6.61 Å². The van der Waals surface area contributed by atoms with Crippen LogP contribution in [0.5, 0.6) is 0 Å². The molecule has 0 aliphatic carbocycles. The Labute approximate surface area is 81.3 Å². The van der Waals surface area contributed by atoms with Crippen LogP contribution in [0, 0.1) is 0 Å². The van der Waals surface area contributed by atoms with Gasteiger partial charge in [0.2, 0.25) is 5.12 Å². The summed E-state index contributed by atoms with van der Waals surface area (Å²) in [5.41, 5.74) is 0.676. The van der Waals surface area contributed by atoms with E-state index < -0.39 is 0 Å². The first-order valence-electron chi connectivity index (χ1n) is 3.86. The molecule has 1 N–H and O–H groups in total. The van der Waals surface area contributed by atoms with Crippen molar-refractivity contribution in [2.45, 2.75) is 0 Å². The van der Waals surface area contributed by atoms with E-state index in [1.165, 1.54) is 6.08 Å². The summed E-state index contributed by atoms with van der Waals surface area (Å²) in [5, 5.41) is 10.0. The minimum atomic E-state index is -0.0327. The Hall–Kier alpha value is -1.06. The number of hydrogen-bond donors (Lipinski definition) is 1. The molecule has 1 rings (SSSR count). The zero-order valence-corrected chi connectivity index (χ0v) is 7.83. The van der Waals surface area contributed by atoms with Crippen LogP contribution in [0.25, 0.3) is 0 Å². The van der Waals surface area contributed by atoms with Crippen LogP contribution in [-0.2, 0) is 0 Å². The average molecular weight is 194 g/mol. The van der Waals surface area contributed by atoms with Gasteiger partial charge in [-0.05, 0) is 5.41 Å². The largest absolute Gasteiger partial charge is 0.392 e. The molecule has 0 saturated heterocycles. The quantitative estimate of drug-likeness (QED) is 0.800. The summed E-state index contributed by atoms with van der Waals surface area (Å²) >= 11 is 1.07. The van der Waals surface area contributed by atoms with Crippen LogP contribution >= 0.6 is 11.8 Å². The minimum absolute atomic E-state index is 0.00898. The van der Waals surface area contributed by atoms with Gasteiger partial charge >= 0.3 is 0 Å². The fourth-order valence-electron chi connectivity index (χ4n) is 0.795. The Bertz CT molecular complexity index is 293. The summed E-state index contributed by atoms with van der Waals surface area (Å²) in [6.07, 6.45) is 1.53. The molecule has 0 spiro atoms. The van der Waals surface area contributed by atoms with E-state index in [9.17, 15) is 4.79 Å². The van der Waals surface area contributed by atoms with Gasteiger partial charge in [0.25, 0.3) is 0 Å². The van der Waals surface area contributed by atoms with Gasteiger partial charge in [0.15, 0.2) is 0 Å². The van der Waals surface area contributed by atoms with Crippen LogP contribution in [0.3, 0.4) is 0 Å². The Morgan fingerprint density at radius 1 is 1.38 bits per heavy atom. The van der Waals surface area contributed by atoms with Crippen molar-refractivity contribution in [2.24, 2.45) is 0 Å². The fourth-order valence-corrected chi connectivity index (χ4v) is 1.37. The Morgan fingerprint density at radius 2 is 2.08 bits per heavy atom. The summed E-state index contributed by atoms with van der Waals surface area (Å²) in [6.45, 7) is -0.0327. The van der Waals surface area contributed by atoms with Crippen molar-refractivity contribution in [3.63, 3.8) is 0 Å². The molecule has 1 aromatic carbocycles. The van der Waals surface area contributed by atoms with E-state index in [-0.39, 0.29) is 11.7 Å². The average Bonchev–Trinajstić information content (AvgIpc) is 2.19. The molecule has 0 amide bonds. The summed E-state index contributed by atoms with van der Waals surface area (Å²) < 4.78 is 0. The molecule has 2 nitrogen and oxygen atoms in total. The highest BCUT2D eigenvalue weighted by molar-refractivity contribution is 8.16. The first-order chi connectivity index (χ1) is 6.34. The van der Waals surface area contributed by atoms with Gasteiger partial charge in [0.1, 0.15) is 0 Å². The van der Waals surface area contributed by atoms with Gasteiger partial charge in [-0.25, -0.2) is 0 Å². The predicted molar refractivity (Wildman–Crippen MR) is 54.6 cm³/mol. The topological polar surface area (TPSA) is 37.3 Å². The highest BCUT2D eigenvalue weighted by Crippen LogP contribution is 2.12. The van der Waals surface area contributed by atoms with E-state index >= 15 is 0 Å². The molecule has 0 aromatic heterocycles. The summed E-state index contributed by atoms with van der Waals surface area (Å²) in [5.74, 6) is 0. The lowest BCUT2D eigenvalue weighted by atomic mass is 10.2. The Kier molecular flexibility index (Phi) is 4.29. The smallest absolute Gasteiger partial charge is 0.223 e. The zero-order valence-electron chi connectivity index (χ0n) is 7.01. The van der Waals surface area contributed by atoms with Crippen LogP contribution in [-0.4, -0.2) is 16.8 Å².